The van der Waals surface area contributed by atoms with Crippen molar-refractivity contribution < 1.29 is 23.9 Å². The van der Waals surface area contributed by atoms with Gasteiger partial charge in [0.25, 0.3) is 0 Å². The molecule has 0 saturated heterocycles. The average Bonchev–Trinajstić information content (AvgIpc) is 2.79. The van der Waals surface area contributed by atoms with Crippen LogP contribution in [0.5, 0.6) is 0 Å². The van der Waals surface area contributed by atoms with Crippen molar-refractivity contribution in [2.45, 2.75) is 32.8 Å². The second kappa shape index (κ2) is 10.4. The first-order chi connectivity index (χ1) is 15.9. The van der Waals surface area contributed by atoms with Gasteiger partial charge in [-0.15, -0.1) is 0 Å². The van der Waals surface area contributed by atoms with Crippen LogP contribution in [0, 0.1) is 0 Å². The first kappa shape index (κ1) is 25.5. The fourth-order valence-corrected chi connectivity index (χ4v) is 3.70. The van der Waals surface area contributed by atoms with E-state index in [1.165, 1.54) is 21.9 Å². The van der Waals surface area contributed by atoms with Gasteiger partial charge >= 0.3 is 12.0 Å². The minimum absolute atomic E-state index is 0.000630. The van der Waals surface area contributed by atoms with Crippen LogP contribution < -0.4 is 10.2 Å². The predicted octanol–water partition coefficient (Wildman–Crippen LogP) is 4.79. The summed E-state index contributed by atoms with van der Waals surface area (Å²) < 4.78 is 5.37. The molecule has 0 spiro atoms. The summed E-state index contributed by atoms with van der Waals surface area (Å²) in [6.45, 7) is 4.42. The quantitative estimate of drug-likeness (QED) is 0.604. The van der Waals surface area contributed by atoms with Crippen LogP contribution in [-0.4, -0.2) is 53.8 Å². The number of para-hydroxylation sites is 1. The molecule has 0 bridgehead atoms. The second-order valence-electron chi connectivity index (χ2n) is 8.74. The number of carbonyl (C=O) groups excluding carboxylic acids is 4. The number of carbonyl (C=O) groups is 4. The minimum atomic E-state index is -0.749. The first-order valence-corrected chi connectivity index (χ1v) is 11.4. The number of amides is 3. The SMILES string of the molecule is CC(C)(C)OC(=O)CN1C(=O)CN(C(=O)Nc2ccc(Cl)c(Cl)c2)CCC(=O)c2ccccc21. The number of Topliss-reactive ketones (excluding diaryl/α,β-unsaturated/α-hetero) is 1. The number of hydrogen-bond donors (Lipinski definition) is 1. The summed E-state index contributed by atoms with van der Waals surface area (Å²) in [6.07, 6.45) is -0.000630. The molecule has 1 aliphatic rings. The van der Waals surface area contributed by atoms with Gasteiger partial charge in [-0.2, -0.15) is 0 Å². The number of nitrogens with zero attached hydrogens (tertiary/aromatic N) is 2. The van der Waals surface area contributed by atoms with Crippen LogP contribution in [0.4, 0.5) is 16.2 Å². The molecular formula is C24H25Cl2N3O5. The van der Waals surface area contributed by atoms with Gasteiger partial charge in [0.1, 0.15) is 18.7 Å². The maximum Gasteiger partial charge on any atom is 0.326 e. The van der Waals surface area contributed by atoms with E-state index in [2.05, 4.69) is 5.32 Å². The topological polar surface area (TPSA) is 96.0 Å². The molecule has 0 radical (unpaired) electrons. The first-order valence-electron chi connectivity index (χ1n) is 10.6. The van der Waals surface area contributed by atoms with Crippen LogP contribution in [0.3, 0.4) is 0 Å². The molecule has 10 heteroatoms. The summed E-state index contributed by atoms with van der Waals surface area (Å²) in [5, 5.41) is 3.25. The Bertz CT molecular complexity index is 1130. The van der Waals surface area contributed by atoms with Crippen molar-refractivity contribution >= 4 is 58.3 Å². The summed E-state index contributed by atoms with van der Waals surface area (Å²) in [7, 11) is 0. The number of fused-ring (bicyclic) bond motifs is 1. The summed E-state index contributed by atoms with van der Waals surface area (Å²) >= 11 is 11.9. The van der Waals surface area contributed by atoms with E-state index in [9.17, 15) is 19.2 Å². The van der Waals surface area contributed by atoms with Crippen molar-refractivity contribution in [3.05, 3.63) is 58.1 Å². The lowest BCUT2D eigenvalue weighted by atomic mass is 10.1. The number of esters is 1. The lowest BCUT2D eigenvalue weighted by Crippen LogP contribution is -2.46. The highest BCUT2D eigenvalue weighted by Gasteiger charge is 2.31. The van der Waals surface area contributed by atoms with Gasteiger partial charge in [0.2, 0.25) is 5.91 Å². The number of halogens is 2. The van der Waals surface area contributed by atoms with Crippen molar-refractivity contribution in [1.29, 1.82) is 0 Å². The lowest BCUT2D eigenvalue weighted by molar-refractivity contribution is -0.153. The highest BCUT2D eigenvalue weighted by molar-refractivity contribution is 6.42. The van der Waals surface area contributed by atoms with Crippen LogP contribution in [-0.2, 0) is 14.3 Å². The second-order valence-corrected chi connectivity index (χ2v) is 9.55. The predicted molar refractivity (Wildman–Crippen MR) is 131 cm³/mol. The standard InChI is InChI=1S/C24H25Cl2N3O5/c1-24(2,3)34-22(32)14-29-19-7-5-4-6-16(19)20(30)10-11-28(13-21(29)31)23(33)27-15-8-9-17(25)18(26)12-15/h4-9,12H,10-11,13-14H2,1-3H3,(H,27,33). The molecule has 1 heterocycles. The molecule has 2 aromatic rings. The molecule has 8 nitrogen and oxygen atoms in total. The fraction of sp³-hybridized carbons (Fsp3) is 0.333. The number of ether oxygens (including phenoxy) is 1. The van der Waals surface area contributed by atoms with Crippen LogP contribution in [0.25, 0.3) is 0 Å². The third-order valence-electron chi connectivity index (χ3n) is 4.90. The number of rotatable bonds is 3. The van der Waals surface area contributed by atoms with Gasteiger partial charge in [0.15, 0.2) is 5.78 Å². The Balaban J connectivity index is 1.88. The van der Waals surface area contributed by atoms with Gasteiger partial charge in [-0.25, -0.2) is 4.79 Å². The largest absolute Gasteiger partial charge is 0.459 e. The number of nitrogens with one attached hydrogen (secondary N) is 1. The smallest absolute Gasteiger partial charge is 0.326 e. The van der Waals surface area contributed by atoms with Crippen molar-refractivity contribution in [2.24, 2.45) is 0 Å². The fourth-order valence-electron chi connectivity index (χ4n) is 3.40. The summed E-state index contributed by atoms with van der Waals surface area (Å²) in [6, 6.07) is 10.5. The van der Waals surface area contributed by atoms with Gasteiger partial charge in [-0.1, -0.05) is 35.3 Å². The highest BCUT2D eigenvalue weighted by atomic mass is 35.5. The molecule has 3 amide bonds. The number of ketones is 1. The Morgan fingerprint density at radius 3 is 2.44 bits per heavy atom. The third kappa shape index (κ3) is 6.48. The molecule has 0 aromatic heterocycles. The Morgan fingerprint density at radius 1 is 1.06 bits per heavy atom. The summed E-state index contributed by atoms with van der Waals surface area (Å²) in [5.74, 6) is -1.42. The summed E-state index contributed by atoms with van der Waals surface area (Å²) in [5.41, 5.74) is 0.231. The van der Waals surface area contributed by atoms with Gasteiger partial charge in [0, 0.05) is 24.2 Å². The molecule has 0 fully saturated rings. The molecule has 1 aliphatic heterocycles. The van der Waals surface area contributed by atoms with Gasteiger partial charge in [-0.05, 0) is 51.1 Å². The molecule has 0 aliphatic carbocycles. The Labute approximate surface area is 207 Å². The van der Waals surface area contributed by atoms with E-state index in [-0.39, 0.29) is 30.3 Å². The molecule has 1 N–H and O–H groups in total. The van der Waals surface area contributed by atoms with Crippen LogP contribution in [0.1, 0.15) is 37.6 Å². The van der Waals surface area contributed by atoms with Crippen molar-refractivity contribution in [3.8, 4) is 0 Å². The maximum atomic E-state index is 13.3. The molecule has 0 unspecified atom stereocenters. The zero-order valence-corrected chi connectivity index (χ0v) is 20.6. The Kier molecular flexibility index (Phi) is 7.84. The number of anilines is 2. The zero-order chi connectivity index (χ0) is 25.0. The number of benzene rings is 2. The zero-order valence-electron chi connectivity index (χ0n) is 19.1. The summed E-state index contributed by atoms with van der Waals surface area (Å²) in [4.78, 5) is 54.1. The van der Waals surface area contributed by atoms with E-state index >= 15 is 0 Å². The molecule has 3 rings (SSSR count). The van der Waals surface area contributed by atoms with Crippen LogP contribution >= 0.6 is 23.2 Å². The minimum Gasteiger partial charge on any atom is -0.459 e. The molecule has 34 heavy (non-hydrogen) atoms. The molecule has 0 saturated carbocycles. The van der Waals surface area contributed by atoms with Crippen molar-refractivity contribution in [3.63, 3.8) is 0 Å². The van der Waals surface area contributed by atoms with Crippen molar-refractivity contribution in [2.75, 3.05) is 29.9 Å². The lowest BCUT2D eigenvalue weighted by Gasteiger charge is -2.28. The van der Waals surface area contributed by atoms with E-state index in [0.717, 1.165) is 0 Å². The third-order valence-corrected chi connectivity index (χ3v) is 5.64. The molecule has 2 aromatic carbocycles. The highest BCUT2D eigenvalue weighted by Crippen LogP contribution is 2.27. The van der Waals surface area contributed by atoms with Crippen molar-refractivity contribution in [1.82, 2.24) is 4.90 Å². The average molecular weight is 506 g/mol. The number of hydrogen-bond acceptors (Lipinski definition) is 5. The molecule has 0 atom stereocenters. The monoisotopic (exact) mass is 505 g/mol. The normalized spacial score (nSPS) is 14.6. The Morgan fingerprint density at radius 2 is 1.76 bits per heavy atom. The van der Waals surface area contributed by atoms with E-state index in [1.54, 1.807) is 51.1 Å². The number of urea groups is 1. The van der Waals surface area contributed by atoms with E-state index < -0.39 is 30.1 Å². The van der Waals surface area contributed by atoms with Gasteiger partial charge < -0.3 is 15.0 Å². The maximum absolute atomic E-state index is 13.3. The molecule has 180 valence electrons. The van der Waals surface area contributed by atoms with E-state index in [1.807, 2.05) is 0 Å². The van der Waals surface area contributed by atoms with E-state index in [4.69, 9.17) is 27.9 Å². The van der Waals surface area contributed by atoms with Crippen LogP contribution in [0.15, 0.2) is 42.5 Å². The van der Waals surface area contributed by atoms with Crippen LogP contribution in [0.2, 0.25) is 10.0 Å². The molecular weight excluding hydrogens is 481 g/mol. The van der Waals surface area contributed by atoms with E-state index in [0.29, 0.717) is 22.0 Å². The Hall–Kier alpha value is -3.10. The van der Waals surface area contributed by atoms with Gasteiger partial charge in [-0.3, -0.25) is 19.3 Å². The van der Waals surface area contributed by atoms with Gasteiger partial charge in [0.05, 0.1) is 15.7 Å².